The van der Waals surface area contributed by atoms with Crippen LogP contribution in [0.1, 0.15) is 15.9 Å². The predicted octanol–water partition coefficient (Wildman–Crippen LogP) is 2.44. The van der Waals surface area contributed by atoms with Gasteiger partial charge in [-0.3, -0.25) is 10.1 Å². The molecule has 0 unspecified atom stereocenters. The number of imide groups is 1. The van der Waals surface area contributed by atoms with E-state index < -0.39 is 24.5 Å². The quantitative estimate of drug-likeness (QED) is 0.497. The molecule has 0 aliphatic heterocycles. The van der Waals surface area contributed by atoms with Gasteiger partial charge in [-0.2, -0.15) is 0 Å². The molecule has 0 saturated carbocycles. The number of esters is 1. The lowest BCUT2D eigenvalue weighted by atomic mass is 10.2. The Labute approximate surface area is 168 Å². The summed E-state index contributed by atoms with van der Waals surface area (Å²) in [5.41, 5.74) is 1.17. The number of hydrogen-bond acceptors (Lipinski definition) is 6. The molecular weight excluding hydrogens is 376 g/mol. The zero-order valence-electron chi connectivity index (χ0n) is 16.0. The molecule has 0 heterocycles. The van der Waals surface area contributed by atoms with Gasteiger partial charge in [-0.1, -0.05) is 36.4 Å². The summed E-state index contributed by atoms with van der Waals surface area (Å²) in [4.78, 5) is 35.1. The number of urea groups is 1. The lowest BCUT2D eigenvalue weighted by molar-refractivity contribution is -0.123. The third-order valence-corrected chi connectivity index (χ3v) is 3.63. The van der Waals surface area contributed by atoms with Gasteiger partial charge in [-0.05, 0) is 23.8 Å². The van der Waals surface area contributed by atoms with E-state index in [1.807, 2.05) is 35.6 Å². The molecule has 0 aliphatic carbocycles. The summed E-state index contributed by atoms with van der Waals surface area (Å²) in [5, 5.41) is 4.39. The SMILES string of the molecule is C=CCNC(=O)NC(=O)COC(=O)c1ccc(OCc2ccccc2)c(OC)c1. The van der Waals surface area contributed by atoms with E-state index in [-0.39, 0.29) is 12.1 Å². The Balaban J connectivity index is 1.91. The maximum atomic E-state index is 12.2. The van der Waals surface area contributed by atoms with Crippen LogP contribution in [0.25, 0.3) is 0 Å². The molecule has 2 N–H and O–H groups in total. The van der Waals surface area contributed by atoms with Crippen molar-refractivity contribution >= 4 is 17.9 Å². The van der Waals surface area contributed by atoms with Gasteiger partial charge in [0.05, 0.1) is 12.7 Å². The first-order valence-electron chi connectivity index (χ1n) is 8.74. The lowest BCUT2D eigenvalue weighted by Gasteiger charge is -2.12. The van der Waals surface area contributed by atoms with Crippen LogP contribution < -0.4 is 20.1 Å². The minimum Gasteiger partial charge on any atom is -0.493 e. The lowest BCUT2D eigenvalue weighted by Crippen LogP contribution is -2.41. The van der Waals surface area contributed by atoms with Crippen molar-refractivity contribution < 1.29 is 28.6 Å². The van der Waals surface area contributed by atoms with Crippen molar-refractivity contribution in [2.24, 2.45) is 0 Å². The summed E-state index contributed by atoms with van der Waals surface area (Å²) in [5.74, 6) is -0.678. The van der Waals surface area contributed by atoms with E-state index in [1.54, 1.807) is 6.07 Å². The van der Waals surface area contributed by atoms with Crippen molar-refractivity contribution in [3.63, 3.8) is 0 Å². The van der Waals surface area contributed by atoms with Crippen molar-refractivity contribution in [2.75, 3.05) is 20.3 Å². The second-order valence-corrected chi connectivity index (χ2v) is 5.76. The van der Waals surface area contributed by atoms with Crippen molar-refractivity contribution in [1.82, 2.24) is 10.6 Å². The highest BCUT2D eigenvalue weighted by Gasteiger charge is 2.15. The molecule has 29 heavy (non-hydrogen) atoms. The molecule has 2 aromatic rings. The summed E-state index contributed by atoms with van der Waals surface area (Å²) >= 11 is 0. The fraction of sp³-hybridized carbons (Fsp3) is 0.190. The van der Waals surface area contributed by atoms with Crippen molar-refractivity contribution in [1.29, 1.82) is 0 Å². The van der Waals surface area contributed by atoms with Gasteiger partial charge in [0.15, 0.2) is 18.1 Å². The summed E-state index contributed by atoms with van der Waals surface area (Å²) in [6.45, 7) is 3.38. The van der Waals surface area contributed by atoms with E-state index in [4.69, 9.17) is 14.2 Å². The Morgan fingerprint density at radius 1 is 1.07 bits per heavy atom. The average Bonchev–Trinajstić information content (AvgIpc) is 2.75. The molecule has 0 aliphatic rings. The zero-order valence-corrected chi connectivity index (χ0v) is 16.0. The van der Waals surface area contributed by atoms with Crippen LogP contribution in [0.3, 0.4) is 0 Å². The van der Waals surface area contributed by atoms with E-state index in [1.165, 1.54) is 25.3 Å². The third kappa shape index (κ3) is 7.02. The monoisotopic (exact) mass is 398 g/mol. The van der Waals surface area contributed by atoms with E-state index in [0.29, 0.717) is 18.1 Å². The molecule has 0 bridgehead atoms. The molecule has 0 saturated heterocycles. The first kappa shape index (κ1) is 21.5. The highest BCUT2D eigenvalue weighted by atomic mass is 16.5. The summed E-state index contributed by atoms with van der Waals surface area (Å²) in [6, 6.07) is 13.4. The number of ether oxygens (including phenoxy) is 3. The minimum atomic E-state index is -0.755. The van der Waals surface area contributed by atoms with E-state index in [9.17, 15) is 14.4 Å². The van der Waals surface area contributed by atoms with Crippen LogP contribution in [0.5, 0.6) is 11.5 Å². The first-order valence-corrected chi connectivity index (χ1v) is 8.74. The Hall–Kier alpha value is -3.81. The topological polar surface area (TPSA) is 103 Å². The molecule has 2 aromatic carbocycles. The maximum absolute atomic E-state index is 12.2. The van der Waals surface area contributed by atoms with Crippen LogP contribution in [-0.4, -0.2) is 38.2 Å². The number of nitrogens with one attached hydrogen (secondary N) is 2. The Morgan fingerprint density at radius 3 is 2.52 bits per heavy atom. The standard InChI is InChI=1S/C21H22N2O6/c1-3-11-22-21(26)23-19(24)14-29-20(25)16-9-10-17(18(12-16)27-2)28-13-15-7-5-4-6-8-15/h3-10,12H,1,11,13-14H2,2H3,(H2,22,23,24,26). The summed E-state index contributed by atoms with van der Waals surface area (Å²) in [6.07, 6.45) is 1.46. The number of benzene rings is 2. The minimum absolute atomic E-state index is 0.179. The van der Waals surface area contributed by atoms with Crippen molar-refractivity contribution in [3.05, 3.63) is 72.3 Å². The molecule has 2 rings (SSSR count). The number of hydrogen-bond donors (Lipinski definition) is 2. The molecule has 0 fully saturated rings. The Kier molecular flexibility index (Phi) is 8.25. The maximum Gasteiger partial charge on any atom is 0.338 e. The van der Waals surface area contributed by atoms with Crippen molar-refractivity contribution in [2.45, 2.75) is 6.61 Å². The van der Waals surface area contributed by atoms with Crippen LogP contribution >= 0.6 is 0 Å². The Bertz CT molecular complexity index is 867. The van der Waals surface area contributed by atoms with Crippen LogP contribution in [0.4, 0.5) is 4.79 Å². The second kappa shape index (κ2) is 11.1. The predicted molar refractivity (Wildman–Crippen MR) is 106 cm³/mol. The molecule has 152 valence electrons. The Morgan fingerprint density at radius 2 is 1.83 bits per heavy atom. The van der Waals surface area contributed by atoms with Gasteiger partial charge in [0, 0.05) is 6.54 Å². The van der Waals surface area contributed by atoms with Gasteiger partial charge in [0.2, 0.25) is 0 Å². The molecule has 8 heteroatoms. The second-order valence-electron chi connectivity index (χ2n) is 5.76. The van der Waals surface area contributed by atoms with Crippen LogP contribution in [0, 0.1) is 0 Å². The van der Waals surface area contributed by atoms with Crippen molar-refractivity contribution in [3.8, 4) is 11.5 Å². The van der Waals surface area contributed by atoms with Crippen LogP contribution in [0.2, 0.25) is 0 Å². The fourth-order valence-corrected chi connectivity index (χ4v) is 2.24. The summed E-state index contributed by atoms with van der Waals surface area (Å²) in [7, 11) is 1.45. The van der Waals surface area contributed by atoms with E-state index in [0.717, 1.165) is 5.56 Å². The van der Waals surface area contributed by atoms with Gasteiger partial charge in [-0.25, -0.2) is 9.59 Å². The van der Waals surface area contributed by atoms with Crippen LogP contribution in [0.15, 0.2) is 61.2 Å². The van der Waals surface area contributed by atoms with Gasteiger partial charge in [-0.15, -0.1) is 6.58 Å². The highest BCUT2D eigenvalue weighted by molar-refractivity contribution is 5.97. The van der Waals surface area contributed by atoms with E-state index in [2.05, 4.69) is 11.9 Å². The largest absolute Gasteiger partial charge is 0.493 e. The number of amides is 3. The van der Waals surface area contributed by atoms with Gasteiger partial charge in [0.25, 0.3) is 5.91 Å². The smallest absolute Gasteiger partial charge is 0.338 e. The molecule has 0 radical (unpaired) electrons. The molecule has 8 nitrogen and oxygen atoms in total. The normalized spacial score (nSPS) is 9.83. The average molecular weight is 398 g/mol. The van der Waals surface area contributed by atoms with Gasteiger partial charge in [0.1, 0.15) is 6.61 Å². The first-order chi connectivity index (χ1) is 14.0. The fourth-order valence-electron chi connectivity index (χ4n) is 2.24. The van der Waals surface area contributed by atoms with E-state index >= 15 is 0 Å². The zero-order chi connectivity index (χ0) is 21.1. The molecule has 0 spiro atoms. The highest BCUT2D eigenvalue weighted by Crippen LogP contribution is 2.29. The molecule has 0 aromatic heterocycles. The molecule has 3 amide bonds. The van der Waals surface area contributed by atoms with Gasteiger partial charge >= 0.3 is 12.0 Å². The molecular formula is C21H22N2O6. The number of carbonyl (C=O) groups is 3. The third-order valence-electron chi connectivity index (χ3n) is 3.63. The summed E-state index contributed by atoms with van der Waals surface area (Å²) < 4.78 is 15.9. The number of methoxy groups -OCH3 is 1. The molecule has 0 atom stereocenters. The number of rotatable bonds is 9. The number of carbonyl (C=O) groups excluding carboxylic acids is 3. The van der Waals surface area contributed by atoms with Crippen LogP contribution in [-0.2, 0) is 16.1 Å². The van der Waals surface area contributed by atoms with Gasteiger partial charge < -0.3 is 19.5 Å².